The molecule has 1 heterocycles. The molecule has 0 bridgehead atoms. The smallest absolute Gasteiger partial charge is 0.325 e. The fraction of sp³-hybridized carbons (Fsp3) is 0.471. The highest BCUT2D eigenvalue weighted by Crippen LogP contribution is 2.40. The maximum atomic E-state index is 11.7. The van der Waals surface area contributed by atoms with Crippen LogP contribution in [0.4, 0.5) is 5.69 Å². The SMILES string of the molecule is CCOc1ccc2c(c1)C(C)=CC(C)(C)N2CC(=O)OC. The highest BCUT2D eigenvalue weighted by molar-refractivity contribution is 5.85. The summed E-state index contributed by atoms with van der Waals surface area (Å²) in [7, 11) is 1.42. The molecule has 0 amide bonds. The first-order chi connectivity index (χ1) is 9.89. The molecule has 0 aliphatic carbocycles. The first-order valence-electron chi connectivity index (χ1n) is 7.20. The van der Waals surface area contributed by atoms with Crippen molar-refractivity contribution in [1.82, 2.24) is 0 Å². The Morgan fingerprint density at radius 1 is 1.33 bits per heavy atom. The number of rotatable bonds is 4. The molecule has 1 aliphatic rings. The van der Waals surface area contributed by atoms with Gasteiger partial charge in [0.1, 0.15) is 12.3 Å². The second kappa shape index (κ2) is 5.80. The van der Waals surface area contributed by atoms with Gasteiger partial charge in [-0.25, -0.2) is 0 Å². The molecule has 0 aromatic heterocycles. The van der Waals surface area contributed by atoms with E-state index in [4.69, 9.17) is 9.47 Å². The molecule has 21 heavy (non-hydrogen) atoms. The largest absolute Gasteiger partial charge is 0.494 e. The summed E-state index contributed by atoms with van der Waals surface area (Å²) in [6.45, 7) is 9.12. The van der Waals surface area contributed by atoms with Crippen LogP contribution in [-0.2, 0) is 9.53 Å². The summed E-state index contributed by atoms with van der Waals surface area (Å²) in [6.07, 6.45) is 2.17. The second-order valence-electron chi connectivity index (χ2n) is 5.76. The summed E-state index contributed by atoms with van der Waals surface area (Å²) in [6, 6.07) is 5.99. The van der Waals surface area contributed by atoms with Crippen LogP contribution in [0.3, 0.4) is 0 Å². The number of anilines is 1. The van der Waals surface area contributed by atoms with Gasteiger partial charge in [-0.1, -0.05) is 6.08 Å². The van der Waals surface area contributed by atoms with Crippen LogP contribution in [-0.4, -0.2) is 31.8 Å². The summed E-state index contributed by atoms with van der Waals surface area (Å²) >= 11 is 0. The highest BCUT2D eigenvalue weighted by atomic mass is 16.5. The van der Waals surface area contributed by atoms with E-state index in [1.54, 1.807) is 0 Å². The minimum atomic E-state index is -0.240. The molecule has 0 saturated carbocycles. The number of carbonyl (C=O) groups excluding carboxylic acids is 1. The van der Waals surface area contributed by atoms with Gasteiger partial charge in [0.2, 0.25) is 0 Å². The van der Waals surface area contributed by atoms with Crippen LogP contribution in [0.5, 0.6) is 5.75 Å². The van der Waals surface area contributed by atoms with Gasteiger partial charge in [0.25, 0.3) is 0 Å². The standard InChI is InChI=1S/C17H23NO3/c1-6-21-13-7-8-15-14(9-13)12(2)10-17(3,4)18(15)11-16(19)20-5/h7-10H,6,11H2,1-5H3. The third-order valence-corrected chi connectivity index (χ3v) is 3.77. The van der Waals surface area contributed by atoms with E-state index in [2.05, 4.69) is 31.7 Å². The van der Waals surface area contributed by atoms with Gasteiger partial charge in [0, 0.05) is 11.3 Å². The Hall–Kier alpha value is -1.97. The zero-order chi connectivity index (χ0) is 15.6. The normalized spacial score (nSPS) is 16.0. The Bertz CT molecular complexity index is 575. The Balaban J connectivity index is 2.46. The van der Waals surface area contributed by atoms with Crippen LogP contribution in [0.1, 0.15) is 33.3 Å². The van der Waals surface area contributed by atoms with Crippen molar-refractivity contribution in [2.45, 2.75) is 33.2 Å². The Kier molecular flexibility index (Phi) is 4.26. The maximum absolute atomic E-state index is 11.7. The molecule has 0 saturated heterocycles. The molecular weight excluding hydrogens is 266 g/mol. The molecule has 0 unspecified atom stereocenters. The molecule has 1 aliphatic heterocycles. The summed E-state index contributed by atoms with van der Waals surface area (Å²) in [5.74, 6) is 0.609. The minimum Gasteiger partial charge on any atom is -0.494 e. The fourth-order valence-electron chi connectivity index (χ4n) is 2.80. The fourth-order valence-corrected chi connectivity index (χ4v) is 2.80. The third-order valence-electron chi connectivity index (χ3n) is 3.77. The molecule has 1 aromatic rings. The summed E-state index contributed by atoms with van der Waals surface area (Å²) < 4.78 is 10.4. The lowest BCUT2D eigenvalue weighted by Crippen LogP contribution is -2.48. The topological polar surface area (TPSA) is 38.8 Å². The minimum absolute atomic E-state index is 0.230. The Morgan fingerprint density at radius 2 is 2.05 bits per heavy atom. The van der Waals surface area contributed by atoms with E-state index < -0.39 is 0 Å². The maximum Gasteiger partial charge on any atom is 0.325 e. The predicted molar refractivity (Wildman–Crippen MR) is 84.7 cm³/mol. The van der Waals surface area contributed by atoms with E-state index in [0.717, 1.165) is 17.0 Å². The molecule has 1 aromatic carbocycles. The van der Waals surface area contributed by atoms with Crippen molar-refractivity contribution in [2.24, 2.45) is 0 Å². The van der Waals surface area contributed by atoms with E-state index in [1.165, 1.54) is 12.7 Å². The van der Waals surface area contributed by atoms with Gasteiger partial charge in [0.05, 0.1) is 19.3 Å². The zero-order valence-corrected chi connectivity index (χ0v) is 13.4. The number of hydrogen-bond acceptors (Lipinski definition) is 4. The number of carbonyl (C=O) groups is 1. The lowest BCUT2D eigenvalue weighted by Gasteiger charge is -2.42. The number of fused-ring (bicyclic) bond motifs is 1. The van der Waals surface area contributed by atoms with E-state index in [0.29, 0.717) is 6.61 Å². The number of nitrogens with zero attached hydrogens (tertiary/aromatic N) is 1. The van der Waals surface area contributed by atoms with Crippen LogP contribution in [0.15, 0.2) is 24.3 Å². The van der Waals surface area contributed by atoms with Gasteiger partial charge in [-0.15, -0.1) is 0 Å². The molecule has 114 valence electrons. The van der Waals surface area contributed by atoms with E-state index >= 15 is 0 Å². The lowest BCUT2D eigenvalue weighted by atomic mass is 9.88. The van der Waals surface area contributed by atoms with Crippen molar-refractivity contribution in [3.8, 4) is 5.75 Å². The van der Waals surface area contributed by atoms with E-state index in [1.807, 2.05) is 25.1 Å². The number of allylic oxidation sites excluding steroid dienone is 1. The van der Waals surface area contributed by atoms with Crippen LogP contribution in [0.2, 0.25) is 0 Å². The quantitative estimate of drug-likeness (QED) is 0.798. The third kappa shape index (κ3) is 3.04. The van der Waals surface area contributed by atoms with Crippen molar-refractivity contribution in [3.63, 3.8) is 0 Å². The van der Waals surface area contributed by atoms with Crippen molar-refractivity contribution < 1.29 is 14.3 Å². The van der Waals surface area contributed by atoms with Gasteiger partial charge in [-0.05, 0) is 51.5 Å². The molecule has 2 rings (SSSR count). The van der Waals surface area contributed by atoms with Gasteiger partial charge in [0.15, 0.2) is 0 Å². The number of ether oxygens (including phenoxy) is 2. The Labute approximate surface area is 126 Å². The number of methoxy groups -OCH3 is 1. The first-order valence-corrected chi connectivity index (χ1v) is 7.20. The molecule has 0 atom stereocenters. The van der Waals surface area contributed by atoms with E-state index in [9.17, 15) is 4.79 Å². The highest BCUT2D eigenvalue weighted by Gasteiger charge is 2.32. The lowest BCUT2D eigenvalue weighted by molar-refractivity contribution is -0.139. The molecule has 0 N–H and O–H groups in total. The summed E-state index contributed by atoms with van der Waals surface area (Å²) in [5, 5.41) is 0. The van der Waals surface area contributed by atoms with E-state index in [-0.39, 0.29) is 18.1 Å². The number of hydrogen-bond donors (Lipinski definition) is 0. The second-order valence-corrected chi connectivity index (χ2v) is 5.76. The average molecular weight is 289 g/mol. The molecule has 4 heteroatoms. The first kappa shape index (κ1) is 15.4. The van der Waals surface area contributed by atoms with Crippen molar-refractivity contribution in [3.05, 3.63) is 29.8 Å². The molecule has 0 fully saturated rings. The number of benzene rings is 1. The van der Waals surface area contributed by atoms with Crippen LogP contribution >= 0.6 is 0 Å². The molecule has 0 spiro atoms. The molecule has 4 nitrogen and oxygen atoms in total. The summed E-state index contributed by atoms with van der Waals surface area (Å²) in [5.41, 5.74) is 3.09. The van der Waals surface area contributed by atoms with Gasteiger partial charge in [-0.3, -0.25) is 4.79 Å². The van der Waals surface area contributed by atoms with Crippen LogP contribution in [0, 0.1) is 0 Å². The zero-order valence-electron chi connectivity index (χ0n) is 13.4. The predicted octanol–water partition coefficient (Wildman–Crippen LogP) is 3.26. The van der Waals surface area contributed by atoms with Crippen LogP contribution in [0.25, 0.3) is 5.57 Å². The molecule has 0 radical (unpaired) electrons. The van der Waals surface area contributed by atoms with Gasteiger partial charge < -0.3 is 14.4 Å². The van der Waals surface area contributed by atoms with Crippen LogP contribution < -0.4 is 9.64 Å². The van der Waals surface area contributed by atoms with Gasteiger partial charge >= 0.3 is 5.97 Å². The Morgan fingerprint density at radius 3 is 2.67 bits per heavy atom. The van der Waals surface area contributed by atoms with Crippen molar-refractivity contribution in [1.29, 1.82) is 0 Å². The number of esters is 1. The van der Waals surface area contributed by atoms with Crippen molar-refractivity contribution in [2.75, 3.05) is 25.2 Å². The molecular formula is C17H23NO3. The monoisotopic (exact) mass is 289 g/mol. The summed E-state index contributed by atoms with van der Waals surface area (Å²) in [4.78, 5) is 13.8. The van der Waals surface area contributed by atoms with Crippen molar-refractivity contribution >= 4 is 17.2 Å². The average Bonchev–Trinajstić information content (AvgIpc) is 2.43. The van der Waals surface area contributed by atoms with Gasteiger partial charge in [-0.2, -0.15) is 0 Å².